The van der Waals surface area contributed by atoms with Crippen molar-refractivity contribution >= 4 is 11.9 Å². The molecule has 21 heavy (non-hydrogen) atoms. The van der Waals surface area contributed by atoms with Gasteiger partial charge in [-0.15, -0.1) is 0 Å². The smallest absolute Gasteiger partial charge is 0.326 e. The number of carboxylic acids is 1. The molecule has 0 saturated carbocycles. The second-order valence-corrected chi connectivity index (χ2v) is 5.03. The van der Waals surface area contributed by atoms with E-state index in [1.54, 1.807) is 7.11 Å². The zero-order valence-electron chi connectivity index (χ0n) is 12.6. The van der Waals surface area contributed by atoms with Crippen molar-refractivity contribution in [2.75, 3.05) is 7.11 Å². The van der Waals surface area contributed by atoms with Gasteiger partial charge in [0.25, 0.3) is 0 Å². The third kappa shape index (κ3) is 6.40. The molecule has 0 spiro atoms. The quantitative estimate of drug-likeness (QED) is 0.731. The Hall–Kier alpha value is -1.88. The molecule has 0 bridgehead atoms. The molecular weight excluding hydrogens is 270 g/mol. The molecule has 2 N–H and O–H groups in total. The van der Waals surface area contributed by atoms with Crippen LogP contribution in [0.1, 0.15) is 37.3 Å². The normalized spacial score (nSPS) is 11.9. The van der Waals surface area contributed by atoms with Crippen LogP contribution in [0.5, 0.6) is 0 Å². The van der Waals surface area contributed by atoms with Crippen LogP contribution in [-0.4, -0.2) is 30.1 Å². The van der Waals surface area contributed by atoms with Crippen LogP contribution in [0, 0.1) is 0 Å². The highest BCUT2D eigenvalue weighted by Gasteiger charge is 2.19. The minimum atomic E-state index is -0.982. The average Bonchev–Trinajstić information content (AvgIpc) is 2.44. The van der Waals surface area contributed by atoms with Crippen molar-refractivity contribution in [2.24, 2.45) is 0 Å². The lowest BCUT2D eigenvalue weighted by molar-refractivity contribution is -0.142. The van der Waals surface area contributed by atoms with Gasteiger partial charge in [-0.2, -0.15) is 0 Å². The fraction of sp³-hybridized carbons (Fsp3) is 0.500. The van der Waals surface area contributed by atoms with Gasteiger partial charge in [0.2, 0.25) is 5.91 Å². The lowest BCUT2D eigenvalue weighted by atomic mass is 10.1. The summed E-state index contributed by atoms with van der Waals surface area (Å²) in [5.41, 5.74) is 1.84. The summed E-state index contributed by atoms with van der Waals surface area (Å²) in [6.45, 7) is 2.48. The van der Waals surface area contributed by atoms with Gasteiger partial charge < -0.3 is 15.2 Å². The highest BCUT2D eigenvalue weighted by atomic mass is 16.5. The fourth-order valence-corrected chi connectivity index (χ4v) is 2.09. The second kappa shape index (κ2) is 9.13. The van der Waals surface area contributed by atoms with Gasteiger partial charge in [0.15, 0.2) is 0 Å². The summed E-state index contributed by atoms with van der Waals surface area (Å²) in [5.74, 6) is -1.25. The van der Waals surface area contributed by atoms with Crippen molar-refractivity contribution in [3.63, 3.8) is 0 Å². The first-order chi connectivity index (χ1) is 10.1. The number of unbranched alkanes of at least 4 members (excludes halogenated alkanes) is 1. The van der Waals surface area contributed by atoms with Crippen molar-refractivity contribution in [3.8, 4) is 0 Å². The predicted molar refractivity (Wildman–Crippen MR) is 80.0 cm³/mol. The van der Waals surface area contributed by atoms with Crippen LogP contribution in [0.2, 0.25) is 0 Å². The molecule has 0 aliphatic carbocycles. The minimum Gasteiger partial charge on any atom is -0.480 e. The molecule has 5 heteroatoms. The second-order valence-electron chi connectivity index (χ2n) is 5.03. The summed E-state index contributed by atoms with van der Waals surface area (Å²) in [6.07, 6.45) is 2.31. The van der Waals surface area contributed by atoms with Gasteiger partial charge in [-0.3, -0.25) is 4.79 Å². The Kier molecular flexibility index (Phi) is 7.46. The number of aliphatic carboxylic acids is 1. The monoisotopic (exact) mass is 293 g/mol. The average molecular weight is 293 g/mol. The van der Waals surface area contributed by atoms with E-state index in [2.05, 4.69) is 5.32 Å². The summed E-state index contributed by atoms with van der Waals surface area (Å²) in [5, 5.41) is 11.7. The van der Waals surface area contributed by atoms with Gasteiger partial charge in [-0.1, -0.05) is 44.0 Å². The Morgan fingerprint density at radius 1 is 1.33 bits per heavy atom. The molecule has 116 valence electrons. The van der Waals surface area contributed by atoms with Crippen LogP contribution in [-0.2, 0) is 27.4 Å². The zero-order chi connectivity index (χ0) is 15.7. The van der Waals surface area contributed by atoms with Crippen molar-refractivity contribution in [1.29, 1.82) is 0 Å². The van der Waals surface area contributed by atoms with Gasteiger partial charge in [-0.05, 0) is 17.5 Å². The van der Waals surface area contributed by atoms with E-state index in [1.807, 2.05) is 31.2 Å². The van der Waals surface area contributed by atoms with Crippen molar-refractivity contribution < 1.29 is 19.4 Å². The summed E-state index contributed by atoms with van der Waals surface area (Å²) in [4.78, 5) is 23.1. The van der Waals surface area contributed by atoms with E-state index in [1.165, 1.54) is 0 Å². The Labute approximate surface area is 125 Å². The van der Waals surface area contributed by atoms with E-state index in [9.17, 15) is 9.59 Å². The van der Waals surface area contributed by atoms with E-state index in [-0.39, 0.29) is 12.3 Å². The highest BCUT2D eigenvalue weighted by molar-refractivity contribution is 5.84. The van der Waals surface area contributed by atoms with Crippen LogP contribution >= 0.6 is 0 Å². The molecule has 0 unspecified atom stereocenters. The SMILES string of the molecule is CCCC[C@H](NC(=O)Cc1cccc(COC)c1)C(=O)O. The van der Waals surface area contributed by atoms with Crippen LogP contribution < -0.4 is 5.32 Å². The Bertz CT molecular complexity index is 473. The minimum absolute atomic E-state index is 0.174. The fourth-order valence-electron chi connectivity index (χ4n) is 2.09. The first kappa shape index (κ1) is 17.2. The van der Waals surface area contributed by atoms with E-state index in [4.69, 9.17) is 9.84 Å². The molecule has 0 heterocycles. The van der Waals surface area contributed by atoms with Gasteiger partial charge in [0.05, 0.1) is 13.0 Å². The molecule has 5 nitrogen and oxygen atoms in total. The molecule has 1 aromatic rings. The molecule has 1 rings (SSSR count). The predicted octanol–water partition coefficient (Wildman–Crippen LogP) is 2.14. The van der Waals surface area contributed by atoms with Crippen molar-refractivity contribution in [1.82, 2.24) is 5.32 Å². The topological polar surface area (TPSA) is 75.6 Å². The lowest BCUT2D eigenvalue weighted by Gasteiger charge is -2.14. The summed E-state index contributed by atoms with van der Waals surface area (Å²) in [7, 11) is 1.62. The van der Waals surface area contributed by atoms with Crippen molar-refractivity contribution in [3.05, 3.63) is 35.4 Å². The van der Waals surface area contributed by atoms with Crippen LogP contribution in [0.15, 0.2) is 24.3 Å². The number of carbonyl (C=O) groups is 2. The first-order valence-electron chi connectivity index (χ1n) is 7.15. The highest BCUT2D eigenvalue weighted by Crippen LogP contribution is 2.08. The number of methoxy groups -OCH3 is 1. The Morgan fingerprint density at radius 3 is 2.67 bits per heavy atom. The first-order valence-corrected chi connectivity index (χ1v) is 7.15. The van der Waals surface area contributed by atoms with Crippen LogP contribution in [0.25, 0.3) is 0 Å². The lowest BCUT2D eigenvalue weighted by Crippen LogP contribution is -2.41. The number of ether oxygens (including phenoxy) is 1. The maximum Gasteiger partial charge on any atom is 0.326 e. The maximum atomic E-state index is 12.0. The molecule has 0 radical (unpaired) electrons. The van der Waals surface area contributed by atoms with Crippen molar-refractivity contribution in [2.45, 2.75) is 45.3 Å². The number of benzene rings is 1. The van der Waals surface area contributed by atoms with Gasteiger partial charge in [-0.25, -0.2) is 4.79 Å². The number of rotatable bonds is 9. The Balaban J connectivity index is 2.58. The number of hydrogen-bond donors (Lipinski definition) is 2. The van der Waals surface area contributed by atoms with Gasteiger partial charge >= 0.3 is 5.97 Å². The third-order valence-electron chi connectivity index (χ3n) is 3.15. The molecular formula is C16H23NO4. The van der Waals surface area contributed by atoms with Crippen LogP contribution in [0.4, 0.5) is 0 Å². The molecule has 1 amide bonds. The molecule has 0 saturated heterocycles. The third-order valence-corrected chi connectivity index (χ3v) is 3.15. The standard InChI is InChI=1S/C16H23NO4/c1-3-4-8-14(16(19)20)17-15(18)10-12-6-5-7-13(9-12)11-21-2/h5-7,9,14H,3-4,8,10-11H2,1-2H3,(H,17,18)(H,19,20)/t14-/m0/s1. The number of carbonyl (C=O) groups excluding carboxylic acids is 1. The number of nitrogens with one attached hydrogen (secondary N) is 1. The van der Waals surface area contributed by atoms with E-state index >= 15 is 0 Å². The zero-order valence-corrected chi connectivity index (χ0v) is 12.6. The maximum absolute atomic E-state index is 12.0. The molecule has 1 aromatic carbocycles. The molecule has 0 fully saturated rings. The number of carboxylic acid groups (broad SMARTS) is 1. The molecule has 1 atom stereocenters. The molecule has 0 aliphatic heterocycles. The molecule has 0 aliphatic rings. The summed E-state index contributed by atoms with van der Waals surface area (Å²) >= 11 is 0. The largest absolute Gasteiger partial charge is 0.480 e. The Morgan fingerprint density at radius 2 is 2.05 bits per heavy atom. The van der Waals surface area contributed by atoms with E-state index < -0.39 is 12.0 Å². The van der Waals surface area contributed by atoms with Gasteiger partial charge in [0.1, 0.15) is 6.04 Å². The molecule has 0 aromatic heterocycles. The van der Waals surface area contributed by atoms with E-state index in [0.717, 1.165) is 24.0 Å². The summed E-state index contributed by atoms with van der Waals surface area (Å²) < 4.78 is 5.05. The number of hydrogen-bond acceptors (Lipinski definition) is 3. The number of amides is 1. The van der Waals surface area contributed by atoms with Crippen LogP contribution in [0.3, 0.4) is 0 Å². The summed E-state index contributed by atoms with van der Waals surface area (Å²) in [6, 6.07) is 6.72. The van der Waals surface area contributed by atoms with E-state index in [0.29, 0.717) is 13.0 Å². The van der Waals surface area contributed by atoms with Gasteiger partial charge in [0, 0.05) is 7.11 Å².